The van der Waals surface area contributed by atoms with Crippen molar-refractivity contribution in [2.75, 3.05) is 54.5 Å². The zero-order valence-corrected chi connectivity index (χ0v) is 14.6. The van der Waals surface area contributed by atoms with Crippen molar-refractivity contribution in [3.8, 4) is 0 Å². The summed E-state index contributed by atoms with van der Waals surface area (Å²) in [6.45, 7) is 5.39. The highest BCUT2D eigenvalue weighted by Crippen LogP contribution is 2.33. The first-order valence-corrected chi connectivity index (χ1v) is 9.37. The van der Waals surface area contributed by atoms with Crippen molar-refractivity contribution in [3.63, 3.8) is 0 Å². The van der Waals surface area contributed by atoms with Gasteiger partial charge in [0.05, 0.1) is 17.4 Å². The molecule has 4 nitrogen and oxygen atoms in total. The van der Waals surface area contributed by atoms with Crippen molar-refractivity contribution >= 4 is 29.0 Å². The number of hydrogen-bond donors (Lipinski definition) is 0. The fourth-order valence-corrected chi connectivity index (χ4v) is 4.25. The van der Waals surface area contributed by atoms with Crippen molar-refractivity contribution in [2.45, 2.75) is 19.4 Å². The Bertz CT molecular complexity index is 577. The molecule has 23 heavy (non-hydrogen) atoms. The van der Waals surface area contributed by atoms with E-state index in [2.05, 4.69) is 9.80 Å². The molecule has 1 aromatic rings. The Morgan fingerprint density at radius 3 is 2.65 bits per heavy atom. The van der Waals surface area contributed by atoms with Crippen LogP contribution < -0.4 is 9.80 Å². The van der Waals surface area contributed by atoms with Gasteiger partial charge in [-0.1, -0.05) is 0 Å². The number of amides is 1. The van der Waals surface area contributed by atoms with E-state index in [-0.39, 0.29) is 17.8 Å². The zero-order valence-electron chi connectivity index (χ0n) is 13.8. The smallest absolute Gasteiger partial charge is 0.244 e. The molecule has 0 aliphatic carbocycles. The topological polar surface area (TPSA) is 26.8 Å². The molecule has 2 aliphatic heterocycles. The molecule has 3 rings (SSSR count). The van der Waals surface area contributed by atoms with Crippen LogP contribution in [0.4, 0.5) is 15.8 Å². The average Bonchev–Trinajstić information content (AvgIpc) is 2.73. The summed E-state index contributed by atoms with van der Waals surface area (Å²) in [4.78, 5) is 19.2. The molecule has 126 valence electrons. The molecule has 1 aromatic carbocycles. The molecule has 0 spiro atoms. The number of benzene rings is 1. The summed E-state index contributed by atoms with van der Waals surface area (Å²) in [6, 6.07) is 4.58. The fraction of sp³-hybridized carbons (Fsp3) is 0.588. The van der Waals surface area contributed by atoms with Gasteiger partial charge in [-0.3, -0.25) is 9.69 Å². The van der Waals surface area contributed by atoms with Gasteiger partial charge in [-0.25, -0.2) is 4.39 Å². The predicted molar refractivity (Wildman–Crippen MR) is 95.0 cm³/mol. The van der Waals surface area contributed by atoms with E-state index in [0.717, 1.165) is 43.2 Å². The largest absolute Gasteiger partial charge is 0.373 e. The van der Waals surface area contributed by atoms with Gasteiger partial charge in [0, 0.05) is 44.7 Å². The van der Waals surface area contributed by atoms with E-state index < -0.39 is 0 Å². The monoisotopic (exact) mass is 337 g/mol. The van der Waals surface area contributed by atoms with Crippen molar-refractivity contribution < 1.29 is 9.18 Å². The molecular formula is C17H24FN3OS. The van der Waals surface area contributed by atoms with Crippen LogP contribution in [0.5, 0.6) is 0 Å². The van der Waals surface area contributed by atoms with Crippen LogP contribution in [0.2, 0.25) is 0 Å². The van der Waals surface area contributed by atoms with Crippen molar-refractivity contribution in [1.29, 1.82) is 0 Å². The Morgan fingerprint density at radius 2 is 1.91 bits per heavy atom. The van der Waals surface area contributed by atoms with Crippen LogP contribution in [-0.2, 0) is 4.79 Å². The second kappa shape index (κ2) is 7.09. The van der Waals surface area contributed by atoms with Gasteiger partial charge in [0.15, 0.2) is 0 Å². The quantitative estimate of drug-likeness (QED) is 0.828. The van der Waals surface area contributed by atoms with Crippen molar-refractivity contribution in [2.24, 2.45) is 0 Å². The van der Waals surface area contributed by atoms with Gasteiger partial charge in [-0.2, -0.15) is 11.8 Å². The first-order valence-electron chi connectivity index (χ1n) is 8.22. The van der Waals surface area contributed by atoms with Crippen molar-refractivity contribution in [1.82, 2.24) is 4.90 Å². The highest BCUT2D eigenvalue weighted by atomic mass is 32.2. The Hall–Kier alpha value is -1.27. The number of rotatable bonds is 2. The lowest BCUT2D eigenvalue weighted by molar-refractivity contribution is -0.123. The van der Waals surface area contributed by atoms with Crippen molar-refractivity contribution in [3.05, 3.63) is 24.0 Å². The molecular weight excluding hydrogens is 313 g/mol. The third-order valence-electron chi connectivity index (χ3n) is 4.73. The summed E-state index contributed by atoms with van der Waals surface area (Å²) in [6.07, 6.45) is 0.890. The summed E-state index contributed by atoms with van der Waals surface area (Å²) < 4.78 is 13.8. The number of halogens is 1. The molecule has 0 N–H and O–H groups in total. The average molecular weight is 337 g/mol. The van der Waals surface area contributed by atoms with Gasteiger partial charge in [0.1, 0.15) is 5.82 Å². The van der Waals surface area contributed by atoms with Crippen LogP contribution in [0.15, 0.2) is 18.2 Å². The zero-order chi connectivity index (χ0) is 16.4. The van der Waals surface area contributed by atoms with E-state index in [1.165, 1.54) is 12.1 Å². The maximum Gasteiger partial charge on any atom is 0.244 e. The van der Waals surface area contributed by atoms with E-state index in [4.69, 9.17) is 0 Å². The van der Waals surface area contributed by atoms with Crippen LogP contribution >= 0.6 is 11.8 Å². The van der Waals surface area contributed by atoms with Gasteiger partial charge in [-0.05, 0) is 31.5 Å². The number of nitrogens with zero attached hydrogens (tertiary/aromatic N) is 3. The predicted octanol–water partition coefficient (Wildman–Crippen LogP) is 2.44. The maximum atomic E-state index is 13.8. The van der Waals surface area contributed by atoms with E-state index >= 15 is 0 Å². The number of hydrogen-bond acceptors (Lipinski definition) is 4. The first kappa shape index (κ1) is 16.6. The van der Waals surface area contributed by atoms with Crippen LogP contribution in [0.3, 0.4) is 0 Å². The lowest BCUT2D eigenvalue weighted by Crippen LogP contribution is -2.50. The van der Waals surface area contributed by atoms with E-state index in [0.29, 0.717) is 12.2 Å². The maximum absolute atomic E-state index is 13.8. The Kier molecular flexibility index (Phi) is 5.11. The second-order valence-electron chi connectivity index (χ2n) is 6.22. The van der Waals surface area contributed by atoms with E-state index in [1.54, 1.807) is 11.0 Å². The molecule has 2 heterocycles. The minimum atomic E-state index is -0.293. The fourth-order valence-electron chi connectivity index (χ4n) is 3.32. The summed E-state index contributed by atoms with van der Waals surface area (Å²) >= 11 is 1.93. The number of carbonyl (C=O) groups excluding carboxylic acids is 1. The van der Waals surface area contributed by atoms with Gasteiger partial charge in [0.25, 0.3) is 0 Å². The summed E-state index contributed by atoms with van der Waals surface area (Å²) in [7, 11) is 2.00. The van der Waals surface area contributed by atoms with Crippen LogP contribution in [0.25, 0.3) is 0 Å². The summed E-state index contributed by atoms with van der Waals surface area (Å²) in [5.74, 6) is 1.94. The van der Waals surface area contributed by atoms with Gasteiger partial charge in [-0.15, -0.1) is 0 Å². The molecule has 0 saturated carbocycles. The normalized spacial score (nSPS) is 20.8. The lowest BCUT2D eigenvalue weighted by atomic mass is 10.2. The molecule has 1 saturated heterocycles. The minimum Gasteiger partial charge on any atom is -0.373 e. The first-order chi connectivity index (χ1) is 11.1. The Labute approximate surface area is 141 Å². The number of fused-ring (bicyclic) bond motifs is 1. The van der Waals surface area contributed by atoms with E-state index in [9.17, 15) is 9.18 Å². The molecule has 1 atom stereocenters. The van der Waals surface area contributed by atoms with Crippen LogP contribution in [0, 0.1) is 5.82 Å². The number of anilines is 2. The summed E-state index contributed by atoms with van der Waals surface area (Å²) in [5, 5.41) is 0. The standard InChI is InChI=1S/C17H24FN3OS/c1-13(20-8-10-23-11-9-20)17(22)21-7-3-6-19(2)15-5-4-14(18)12-16(15)21/h4-5,12-13H,3,6-11H2,1-2H3. The van der Waals surface area contributed by atoms with Crippen LogP contribution in [-0.4, -0.2) is 61.6 Å². The molecule has 0 bridgehead atoms. The molecule has 1 fully saturated rings. The number of carbonyl (C=O) groups is 1. The second-order valence-corrected chi connectivity index (χ2v) is 7.45. The highest BCUT2D eigenvalue weighted by molar-refractivity contribution is 7.99. The van der Waals surface area contributed by atoms with E-state index in [1.807, 2.05) is 25.7 Å². The van der Waals surface area contributed by atoms with Gasteiger partial charge >= 0.3 is 0 Å². The Balaban J connectivity index is 1.87. The highest BCUT2D eigenvalue weighted by Gasteiger charge is 2.30. The molecule has 0 aromatic heterocycles. The minimum absolute atomic E-state index is 0.0825. The van der Waals surface area contributed by atoms with Crippen LogP contribution in [0.1, 0.15) is 13.3 Å². The molecule has 2 aliphatic rings. The van der Waals surface area contributed by atoms with Gasteiger partial charge in [0.2, 0.25) is 5.91 Å². The Morgan fingerprint density at radius 1 is 1.17 bits per heavy atom. The third-order valence-corrected chi connectivity index (χ3v) is 5.67. The SMILES string of the molecule is CC(C(=O)N1CCCN(C)c2ccc(F)cc21)N1CCSCC1. The molecule has 1 unspecified atom stereocenters. The lowest BCUT2D eigenvalue weighted by Gasteiger charge is -2.34. The molecule has 1 amide bonds. The number of thioether (sulfide) groups is 1. The summed E-state index contributed by atoms with van der Waals surface area (Å²) in [5.41, 5.74) is 1.63. The third kappa shape index (κ3) is 3.48. The molecule has 0 radical (unpaired) electrons. The molecule has 6 heteroatoms. The van der Waals surface area contributed by atoms with Gasteiger partial charge < -0.3 is 9.80 Å².